The van der Waals surface area contributed by atoms with E-state index in [4.69, 9.17) is 0 Å². The zero-order valence-electron chi connectivity index (χ0n) is 12.0. The van der Waals surface area contributed by atoms with Crippen LogP contribution in [-0.4, -0.2) is 21.3 Å². The van der Waals surface area contributed by atoms with Crippen molar-refractivity contribution >= 4 is 16.6 Å². The van der Waals surface area contributed by atoms with Crippen molar-refractivity contribution in [1.29, 1.82) is 0 Å². The van der Waals surface area contributed by atoms with Crippen molar-refractivity contribution in [3.8, 4) is 5.75 Å². The minimum absolute atomic E-state index is 0.318. The molecule has 0 unspecified atom stereocenters. The first-order valence-corrected chi connectivity index (χ1v) is 7.18. The molecule has 0 aliphatic carbocycles. The van der Waals surface area contributed by atoms with E-state index in [0.29, 0.717) is 11.8 Å². The molecule has 0 aliphatic heterocycles. The van der Waals surface area contributed by atoms with Gasteiger partial charge in [0.05, 0.1) is 11.7 Å². The molecule has 0 amide bonds. The van der Waals surface area contributed by atoms with Crippen LogP contribution in [0.5, 0.6) is 5.75 Å². The standard InChI is InChI=1S/C17H19N3O/c1-12(2-3-13-4-7-16(21)8-5-13)19-15-6-9-17-14(10-15)11-18-20-17/h4-12,19,21H,2-3H2,1H3,(H,18,20)/t12-/m0/s1. The van der Waals surface area contributed by atoms with E-state index in [-0.39, 0.29) is 0 Å². The summed E-state index contributed by atoms with van der Waals surface area (Å²) in [5.41, 5.74) is 3.41. The number of aromatic amines is 1. The number of aromatic nitrogens is 2. The smallest absolute Gasteiger partial charge is 0.115 e. The van der Waals surface area contributed by atoms with Crippen molar-refractivity contribution in [2.24, 2.45) is 0 Å². The zero-order valence-corrected chi connectivity index (χ0v) is 12.0. The van der Waals surface area contributed by atoms with Crippen molar-refractivity contribution in [3.63, 3.8) is 0 Å². The van der Waals surface area contributed by atoms with Gasteiger partial charge in [0.15, 0.2) is 0 Å². The van der Waals surface area contributed by atoms with Gasteiger partial charge in [0.1, 0.15) is 5.75 Å². The molecule has 3 aromatic rings. The summed E-state index contributed by atoms with van der Waals surface area (Å²) in [6, 6.07) is 14.0. The number of rotatable bonds is 5. The lowest BCUT2D eigenvalue weighted by atomic mass is 10.1. The van der Waals surface area contributed by atoms with Crippen molar-refractivity contribution in [3.05, 3.63) is 54.2 Å². The van der Waals surface area contributed by atoms with E-state index < -0.39 is 0 Å². The highest BCUT2D eigenvalue weighted by Gasteiger charge is 2.04. The molecule has 1 heterocycles. The number of fused-ring (bicyclic) bond motifs is 1. The molecule has 3 rings (SSSR count). The van der Waals surface area contributed by atoms with Crippen molar-refractivity contribution in [1.82, 2.24) is 10.2 Å². The normalized spacial score (nSPS) is 12.4. The minimum atomic E-state index is 0.318. The third-order valence-corrected chi connectivity index (χ3v) is 3.66. The van der Waals surface area contributed by atoms with Crippen molar-refractivity contribution in [2.45, 2.75) is 25.8 Å². The number of nitrogens with zero attached hydrogens (tertiary/aromatic N) is 1. The Bertz CT molecular complexity index is 718. The first-order chi connectivity index (χ1) is 10.2. The number of hydrogen-bond acceptors (Lipinski definition) is 3. The van der Waals surface area contributed by atoms with Gasteiger partial charge in [-0.2, -0.15) is 5.10 Å². The van der Waals surface area contributed by atoms with Gasteiger partial charge in [0.2, 0.25) is 0 Å². The Hall–Kier alpha value is -2.49. The summed E-state index contributed by atoms with van der Waals surface area (Å²) in [6.45, 7) is 2.18. The van der Waals surface area contributed by atoms with Crippen LogP contribution in [0.25, 0.3) is 10.9 Å². The van der Waals surface area contributed by atoms with Gasteiger partial charge >= 0.3 is 0 Å². The number of aryl methyl sites for hydroxylation is 1. The number of nitrogens with one attached hydrogen (secondary N) is 2. The average molecular weight is 281 g/mol. The van der Waals surface area contributed by atoms with Crippen LogP contribution in [0.1, 0.15) is 18.9 Å². The second-order valence-electron chi connectivity index (χ2n) is 5.42. The van der Waals surface area contributed by atoms with Gasteiger partial charge in [0.25, 0.3) is 0 Å². The molecule has 0 bridgehead atoms. The van der Waals surface area contributed by atoms with Crippen LogP contribution in [0.4, 0.5) is 5.69 Å². The summed E-state index contributed by atoms with van der Waals surface area (Å²) in [7, 11) is 0. The Morgan fingerprint density at radius 3 is 2.81 bits per heavy atom. The van der Waals surface area contributed by atoms with Crippen LogP contribution < -0.4 is 5.32 Å². The third kappa shape index (κ3) is 3.34. The lowest BCUT2D eigenvalue weighted by molar-refractivity contribution is 0.475. The van der Waals surface area contributed by atoms with Crippen LogP contribution in [0.2, 0.25) is 0 Å². The summed E-state index contributed by atoms with van der Waals surface area (Å²) in [4.78, 5) is 0. The number of anilines is 1. The molecule has 0 radical (unpaired) electrons. The largest absolute Gasteiger partial charge is 0.508 e. The van der Waals surface area contributed by atoms with Crippen LogP contribution in [0.3, 0.4) is 0 Å². The van der Waals surface area contributed by atoms with E-state index in [9.17, 15) is 5.11 Å². The van der Waals surface area contributed by atoms with E-state index in [1.165, 1.54) is 5.56 Å². The molecular formula is C17H19N3O. The predicted octanol–water partition coefficient (Wildman–Crippen LogP) is 3.70. The Morgan fingerprint density at radius 2 is 2.00 bits per heavy atom. The fourth-order valence-electron chi connectivity index (χ4n) is 2.43. The van der Waals surface area contributed by atoms with E-state index in [1.54, 1.807) is 12.1 Å². The number of phenolic OH excluding ortho intramolecular Hbond substituents is 1. The van der Waals surface area contributed by atoms with E-state index in [1.807, 2.05) is 24.4 Å². The molecule has 3 N–H and O–H groups in total. The topological polar surface area (TPSA) is 60.9 Å². The number of aromatic hydroxyl groups is 1. The molecule has 1 atom stereocenters. The molecule has 4 nitrogen and oxygen atoms in total. The molecular weight excluding hydrogens is 262 g/mol. The van der Waals surface area contributed by atoms with Gasteiger partial charge in [-0.25, -0.2) is 0 Å². The van der Waals surface area contributed by atoms with E-state index in [2.05, 4.69) is 34.6 Å². The number of H-pyrrole nitrogens is 1. The summed E-state index contributed by atoms with van der Waals surface area (Å²) in [6.07, 6.45) is 3.86. The van der Waals surface area contributed by atoms with E-state index in [0.717, 1.165) is 29.4 Å². The van der Waals surface area contributed by atoms with Crippen LogP contribution in [-0.2, 0) is 6.42 Å². The van der Waals surface area contributed by atoms with Crippen LogP contribution in [0, 0.1) is 0 Å². The van der Waals surface area contributed by atoms with Gasteiger partial charge in [-0.3, -0.25) is 5.10 Å². The molecule has 1 aromatic heterocycles. The highest BCUT2D eigenvalue weighted by atomic mass is 16.3. The Balaban J connectivity index is 1.58. The second kappa shape index (κ2) is 5.87. The molecule has 2 aromatic carbocycles. The minimum Gasteiger partial charge on any atom is -0.508 e. The van der Waals surface area contributed by atoms with Gasteiger partial charge < -0.3 is 10.4 Å². The molecule has 0 fully saturated rings. The molecule has 0 spiro atoms. The highest BCUT2D eigenvalue weighted by Crippen LogP contribution is 2.18. The fourth-order valence-corrected chi connectivity index (χ4v) is 2.43. The molecule has 0 aliphatic rings. The maximum absolute atomic E-state index is 9.28. The fraction of sp³-hybridized carbons (Fsp3) is 0.235. The Kier molecular flexibility index (Phi) is 3.77. The zero-order chi connectivity index (χ0) is 14.7. The monoisotopic (exact) mass is 281 g/mol. The predicted molar refractivity (Wildman–Crippen MR) is 85.6 cm³/mol. The summed E-state index contributed by atoms with van der Waals surface area (Å²) in [5, 5.41) is 20.9. The SMILES string of the molecule is C[C@@H](CCc1ccc(O)cc1)Nc1ccc2[nH]ncc2c1. The van der Waals surface area contributed by atoms with Gasteiger partial charge in [-0.15, -0.1) is 0 Å². The van der Waals surface area contributed by atoms with Crippen molar-refractivity contribution < 1.29 is 5.11 Å². The molecule has 108 valence electrons. The first kappa shape index (κ1) is 13.5. The summed E-state index contributed by atoms with van der Waals surface area (Å²) >= 11 is 0. The molecule has 0 saturated heterocycles. The van der Waals surface area contributed by atoms with E-state index >= 15 is 0 Å². The Labute approximate surface area is 123 Å². The third-order valence-electron chi connectivity index (χ3n) is 3.66. The lowest BCUT2D eigenvalue weighted by Crippen LogP contribution is -2.15. The van der Waals surface area contributed by atoms with Gasteiger partial charge in [-0.05, 0) is 55.7 Å². The van der Waals surface area contributed by atoms with Crippen LogP contribution in [0.15, 0.2) is 48.7 Å². The number of hydrogen-bond donors (Lipinski definition) is 3. The molecule has 21 heavy (non-hydrogen) atoms. The second-order valence-corrected chi connectivity index (χ2v) is 5.42. The first-order valence-electron chi connectivity index (χ1n) is 7.18. The summed E-state index contributed by atoms with van der Waals surface area (Å²) < 4.78 is 0. The number of phenols is 1. The maximum atomic E-state index is 9.28. The highest BCUT2D eigenvalue weighted by molar-refractivity contribution is 5.81. The average Bonchev–Trinajstić information content (AvgIpc) is 2.94. The summed E-state index contributed by atoms with van der Waals surface area (Å²) in [5.74, 6) is 0.318. The quantitative estimate of drug-likeness (QED) is 0.668. The lowest BCUT2D eigenvalue weighted by Gasteiger charge is -2.15. The van der Waals surface area contributed by atoms with Crippen molar-refractivity contribution in [2.75, 3.05) is 5.32 Å². The van der Waals surface area contributed by atoms with Gasteiger partial charge in [0, 0.05) is 17.1 Å². The van der Waals surface area contributed by atoms with Gasteiger partial charge in [-0.1, -0.05) is 12.1 Å². The Morgan fingerprint density at radius 1 is 1.19 bits per heavy atom. The molecule has 0 saturated carbocycles. The van der Waals surface area contributed by atoms with Crippen LogP contribution >= 0.6 is 0 Å². The molecule has 4 heteroatoms. The maximum Gasteiger partial charge on any atom is 0.115 e. The number of benzene rings is 2.